The summed E-state index contributed by atoms with van der Waals surface area (Å²) in [5, 5.41) is 2.51. The molecule has 0 bridgehead atoms. The lowest BCUT2D eigenvalue weighted by atomic mass is 10.1. The van der Waals surface area contributed by atoms with Crippen molar-refractivity contribution in [1.29, 1.82) is 0 Å². The first-order valence-electron chi connectivity index (χ1n) is 3.64. The Morgan fingerprint density at radius 2 is 2.31 bits per heavy atom. The van der Waals surface area contributed by atoms with Crippen molar-refractivity contribution in [2.75, 3.05) is 5.73 Å². The van der Waals surface area contributed by atoms with E-state index in [2.05, 4.69) is 0 Å². The Kier molecular flexibility index (Phi) is 1.77. The number of aldehydes is 1. The van der Waals surface area contributed by atoms with Crippen molar-refractivity contribution in [3.05, 3.63) is 28.9 Å². The number of hydrogen-bond acceptors (Lipinski definition) is 3. The van der Waals surface area contributed by atoms with Gasteiger partial charge in [0.15, 0.2) is 12.1 Å². The van der Waals surface area contributed by atoms with Crippen LogP contribution in [0.4, 0.5) is 10.1 Å². The number of carbonyl (C=O) groups is 1. The molecule has 0 aliphatic heterocycles. The summed E-state index contributed by atoms with van der Waals surface area (Å²) in [5.41, 5.74) is 5.64. The molecule has 1 aromatic heterocycles. The molecule has 2 rings (SSSR count). The molecule has 0 amide bonds. The predicted molar refractivity (Wildman–Crippen MR) is 51.6 cm³/mol. The van der Waals surface area contributed by atoms with Gasteiger partial charge in [0, 0.05) is 5.69 Å². The standard InChI is InChI=1S/C9H6FNOS/c10-8-6(4-12)7(11)3-5-1-2-13-9(5)8/h1-4H,11H2. The first-order chi connectivity index (χ1) is 6.24. The molecular formula is C9H6FNOS. The van der Waals surface area contributed by atoms with Crippen LogP contribution in [0.25, 0.3) is 10.1 Å². The molecule has 0 fully saturated rings. The van der Waals surface area contributed by atoms with E-state index in [0.717, 1.165) is 5.39 Å². The van der Waals surface area contributed by atoms with E-state index in [9.17, 15) is 9.18 Å². The third kappa shape index (κ3) is 1.10. The van der Waals surface area contributed by atoms with Gasteiger partial charge in [-0.05, 0) is 22.9 Å². The first-order valence-corrected chi connectivity index (χ1v) is 4.52. The van der Waals surface area contributed by atoms with Crippen molar-refractivity contribution in [3.8, 4) is 0 Å². The molecule has 2 nitrogen and oxygen atoms in total. The minimum absolute atomic E-state index is 0.0463. The van der Waals surface area contributed by atoms with E-state index < -0.39 is 5.82 Å². The largest absolute Gasteiger partial charge is 0.398 e. The van der Waals surface area contributed by atoms with Crippen LogP contribution < -0.4 is 5.73 Å². The van der Waals surface area contributed by atoms with Gasteiger partial charge in [-0.1, -0.05) is 0 Å². The second-order valence-corrected chi connectivity index (χ2v) is 3.57. The third-order valence-electron chi connectivity index (χ3n) is 1.87. The van der Waals surface area contributed by atoms with Crippen molar-refractivity contribution >= 4 is 33.4 Å². The number of benzene rings is 1. The summed E-state index contributed by atoms with van der Waals surface area (Å²) in [6.45, 7) is 0. The molecule has 2 N–H and O–H groups in total. The third-order valence-corrected chi connectivity index (χ3v) is 2.79. The van der Waals surface area contributed by atoms with Gasteiger partial charge in [-0.25, -0.2) is 4.39 Å². The number of nitrogen functional groups attached to an aromatic ring is 1. The zero-order valence-corrected chi connectivity index (χ0v) is 7.40. The molecule has 2 aromatic rings. The van der Waals surface area contributed by atoms with Crippen LogP contribution in [0.3, 0.4) is 0 Å². The van der Waals surface area contributed by atoms with Gasteiger partial charge in [0.2, 0.25) is 0 Å². The summed E-state index contributed by atoms with van der Waals surface area (Å²) in [4.78, 5) is 10.5. The summed E-state index contributed by atoms with van der Waals surface area (Å²) < 4.78 is 13.9. The average Bonchev–Trinajstić information content (AvgIpc) is 2.53. The quantitative estimate of drug-likeness (QED) is 0.561. The van der Waals surface area contributed by atoms with Gasteiger partial charge in [0.25, 0.3) is 0 Å². The lowest BCUT2D eigenvalue weighted by molar-refractivity contribution is 0.112. The highest BCUT2D eigenvalue weighted by Crippen LogP contribution is 2.29. The van der Waals surface area contributed by atoms with Crippen LogP contribution in [-0.2, 0) is 0 Å². The van der Waals surface area contributed by atoms with Gasteiger partial charge >= 0.3 is 0 Å². The summed E-state index contributed by atoms with van der Waals surface area (Å²) in [6, 6.07) is 3.38. The Morgan fingerprint density at radius 3 is 3.00 bits per heavy atom. The molecular weight excluding hydrogens is 189 g/mol. The van der Waals surface area contributed by atoms with Gasteiger partial charge in [-0.3, -0.25) is 4.79 Å². The maximum atomic E-state index is 13.5. The molecule has 0 saturated carbocycles. The summed E-state index contributed by atoms with van der Waals surface area (Å²) in [5.74, 6) is -0.514. The van der Waals surface area contributed by atoms with Crippen molar-refractivity contribution in [2.45, 2.75) is 0 Å². The zero-order valence-electron chi connectivity index (χ0n) is 6.58. The van der Waals surface area contributed by atoms with E-state index in [0.29, 0.717) is 11.0 Å². The molecule has 66 valence electrons. The van der Waals surface area contributed by atoms with Crippen LogP contribution in [0, 0.1) is 5.82 Å². The molecule has 0 radical (unpaired) electrons. The van der Waals surface area contributed by atoms with Crippen LogP contribution in [0.2, 0.25) is 0 Å². The van der Waals surface area contributed by atoms with Gasteiger partial charge in [0.1, 0.15) is 0 Å². The van der Waals surface area contributed by atoms with E-state index in [1.165, 1.54) is 11.3 Å². The molecule has 0 spiro atoms. The molecule has 1 heterocycles. The topological polar surface area (TPSA) is 43.1 Å². The van der Waals surface area contributed by atoms with Crippen molar-refractivity contribution < 1.29 is 9.18 Å². The van der Waals surface area contributed by atoms with Crippen LogP contribution in [0.5, 0.6) is 0 Å². The average molecular weight is 195 g/mol. The van der Waals surface area contributed by atoms with E-state index in [1.807, 2.05) is 0 Å². The van der Waals surface area contributed by atoms with Crippen LogP contribution in [0.1, 0.15) is 10.4 Å². The highest BCUT2D eigenvalue weighted by atomic mass is 32.1. The highest BCUT2D eigenvalue weighted by molar-refractivity contribution is 7.17. The molecule has 0 saturated heterocycles. The fraction of sp³-hybridized carbons (Fsp3) is 0. The number of fused-ring (bicyclic) bond motifs is 1. The Hall–Kier alpha value is -1.42. The summed E-state index contributed by atoms with van der Waals surface area (Å²) in [7, 11) is 0. The number of nitrogens with two attached hydrogens (primary N) is 1. The minimum atomic E-state index is -0.514. The van der Waals surface area contributed by atoms with Crippen LogP contribution in [-0.4, -0.2) is 6.29 Å². The minimum Gasteiger partial charge on any atom is -0.398 e. The Bertz CT molecular complexity index is 478. The van der Waals surface area contributed by atoms with Gasteiger partial charge in [0.05, 0.1) is 10.3 Å². The lowest BCUT2D eigenvalue weighted by Crippen LogP contribution is -1.96. The summed E-state index contributed by atoms with van der Waals surface area (Å²) in [6.07, 6.45) is 0.448. The Labute approximate surface area is 77.8 Å². The van der Waals surface area contributed by atoms with E-state index in [4.69, 9.17) is 5.73 Å². The van der Waals surface area contributed by atoms with Gasteiger partial charge in [-0.15, -0.1) is 11.3 Å². The van der Waals surface area contributed by atoms with Crippen LogP contribution in [0.15, 0.2) is 17.5 Å². The van der Waals surface area contributed by atoms with E-state index in [-0.39, 0.29) is 11.3 Å². The van der Waals surface area contributed by atoms with Crippen LogP contribution >= 0.6 is 11.3 Å². The van der Waals surface area contributed by atoms with Gasteiger partial charge in [-0.2, -0.15) is 0 Å². The maximum absolute atomic E-state index is 13.5. The molecule has 1 aromatic carbocycles. The smallest absolute Gasteiger partial charge is 0.155 e. The predicted octanol–water partition coefficient (Wildman–Crippen LogP) is 2.44. The fourth-order valence-corrected chi connectivity index (χ4v) is 2.05. The van der Waals surface area contributed by atoms with E-state index in [1.54, 1.807) is 17.5 Å². The number of thiophene rings is 1. The molecule has 0 aliphatic rings. The second-order valence-electron chi connectivity index (χ2n) is 2.65. The number of rotatable bonds is 1. The number of hydrogen-bond donors (Lipinski definition) is 1. The highest BCUT2D eigenvalue weighted by Gasteiger charge is 2.11. The molecule has 4 heteroatoms. The Morgan fingerprint density at radius 1 is 1.54 bits per heavy atom. The molecule has 0 aliphatic carbocycles. The Balaban J connectivity index is 2.92. The normalized spacial score (nSPS) is 10.5. The molecule has 0 atom stereocenters. The fourth-order valence-electron chi connectivity index (χ4n) is 1.23. The number of carbonyl (C=O) groups excluding carboxylic acids is 1. The van der Waals surface area contributed by atoms with Gasteiger partial charge < -0.3 is 5.73 Å². The van der Waals surface area contributed by atoms with Crippen molar-refractivity contribution in [3.63, 3.8) is 0 Å². The molecule has 13 heavy (non-hydrogen) atoms. The first kappa shape index (κ1) is 8.19. The summed E-state index contributed by atoms with van der Waals surface area (Å²) >= 11 is 1.26. The lowest BCUT2D eigenvalue weighted by Gasteiger charge is -2.00. The van der Waals surface area contributed by atoms with Crippen molar-refractivity contribution in [2.24, 2.45) is 0 Å². The number of halogens is 1. The van der Waals surface area contributed by atoms with E-state index >= 15 is 0 Å². The van der Waals surface area contributed by atoms with Crippen molar-refractivity contribution in [1.82, 2.24) is 0 Å². The maximum Gasteiger partial charge on any atom is 0.155 e. The second kappa shape index (κ2) is 2.81. The molecule has 0 unspecified atom stereocenters. The zero-order chi connectivity index (χ0) is 9.42. The monoisotopic (exact) mass is 195 g/mol. The SMILES string of the molecule is Nc1cc2ccsc2c(F)c1C=O. The number of anilines is 1.